The molecule has 0 aromatic rings. The van der Waals surface area contributed by atoms with Crippen LogP contribution in [0.2, 0.25) is 0 Å². The Kier molecular flexibility index (Phi) is 8.21. The van der Waals surface area contributed by atoms with Gasteiger partial charge in [-0.3, -0.25) is 4.79 Å². The van der Waals surface area contributed by atoms with Gasteiger partial charge in [0.25, 0.3) is 0 Å². The van der Waals surface area contributed by atoms with Crippen molar-refractivity contribution in [3.05, 3.63) is 34.6 Å². The summed E-state index contributed by atoms with van der Waals surface area (Å²) in [5, 5.41) is 21.2. The van der Waals surface area contributed by atoms with Crippen molar-refractivity contribution in [2.24, 2.45) is 39.4 Å². The molecule has 0 saturated heterocycles. The van der Waals surface area contributed by atoms with Crippen LogP contribution in [0, 0.1) is 39.4 Å². The minimum absolute atomic E-state index is 0.0942. The van der Waals surface area contributed by atoms with Crippen LogP contribution in [0.15, 0.2) is 34.6 Å². The Labute approximate surface area is 241 Å². The van der Waals surface area contributed by atoms with Gasteiger partial charge in [0.05, 0.1) is 12.7 Å². The smallest absolute Gasteiger partial charge is 0.330 e. The van der Waals surface area contributed by atoms with Crippen LogP contribution in [0.3, 0.4) is 0 Å². The lowest BCUT2D eigenvalue weighted by Gasteiger charge is -2.62. The lowest BCUT2D eigenvalue weighted by molar-refractivity contribution is -0.166. The minimum Gasteiger partial charge on any atom is -0.498 e. The fourth-order valence-electron chi connectivity index (χ4n) is 9.52. The monoisotopic (exact) mass is 556 g/mol. The van der Waals surface area contributed by atoms with E-state index in [1.54, 1.807) is 6.92 Å². The first-order chi connectivity index (χ1) is 18.6. The summed E-state index contributed by atoms with van der Waals surface area (Å²) in [4.78, 5) is 23.2. The number of fused-ring (bicyclic) bond motifs is 5. The van der Waals surface area contributed by atoms with E-state index in [0.29, 0.717) is 24.0 Å². The molecule has 224 valence electrons. The Morgan fingerprint density at radius 3 is 2.45 bits per heavy atom. The van der Waals surface area contributed by atoms with Gasteiger partial charge in [-0.05, 0) is 86.5 Å². The standard InChI is InChI=1S/C34H52O6/c1-10-39-25-19-26-31(5,6)28(40-22(4)35)15-16-32(26,7)23-14-17-33(8)24(18-27(36)34(33,9)29(23)25)20(2)12-11-13-21(3)30(37)38/h13-14,20,24,26-28,36H,10-12,15-19H2,1-9H3,(H,37,38)/b21-13+/t20?,24?,26-,27-,28-,32+,33+,34-/m0/s1. The molecule has 4 aliphatic rings. The number of aliphatic hydroxyl groups excluding tert-OH is 1. The second-order valence-electron chi connectivity index (χ2n) is 14.4. The number of allylic oxidation sites excluding steroid dienone is 4. The summed E-state index contributed by atoms with van der Waals surface area (Å²) < 4.78 is 12.4. The zero-order chi connectivity index (χ0) is 29.8. The molecule has 0 aromatic heterocycles. The number of aliphatic carboxylic acids is 1. The van der Waals surface area contributed by atoms with E-state index in [-0.39, 0.29) is 34.2 Å². The molecule has 2 saturated carbocycles. The van der Waals surface area contributed by atoms with Gasteiger partial charge < -0.3 is 19.7 Å². The molecule has 0 bridgehead atoms. The molecule has 0 aliphatic heterocycles. The highest BCUT2D eigenvalue weighted by Crippen LogP contribution is 2.73. The second-order valence-corrected chi connectivity index (χ2v) is 14.4. The SMILES string of the molecule is CCOC1=C2C(=CC[C@]3(C)C(C(C)CC/C=C(\C)C(=O)O)C[C@H](O)[C@@]23C)[C@@]2(C)CC[C@H](OC(C)=O)C(C)(C)[C@@H]2C1. The zero-order valence-corrected chi connectivity index (χ0v) is 26.2. The number of aliphatic hydroxyl groups is 1. The molecular formula is C34H52O6. The third-order valence-corrected chi connectivity index (χ3v) is 12.1. The maximum absolute atomic E-state index is 12.0. The first-order valence-electron chi connectivity index (χ1n) is 15.4. The van der Waals surface area contributed by atoms with Gasteiger partial charge in [0, 0.05) is 35.3 Å². The molecule has 8 atom stereocenters. The largest absolute Gasteiger partial charge is 0.498 e. The molecule has 0 radical (unpaired) electrons. The molecule has 4 aliphatic carbocycles. The maximum Gasteiger partial charge on any atom is 0.330 e. The van der Waals surface area contributed by atoms with Gasteiger partial charge in [-0.2, -0.15) is 0 Å². The van der Waals surface area contributed by atoms with Gasteiger partial charge in [0.2, 0.25) is 0 Å². The number of rotatable bonds is 8. The van der Waals surface area contributed by atoms with E-state index >= 15 is 0 Å². The Morgan fingerprint density at radius 1 is 1.18 bits per heavy atom. The summed E-state index contributed by atoms with van der Waals surface area (Å²) in [6, 6.07) is 0. The molecule has 2 N–H and O–H groups in total. The number of hydrogen-bond donors (Lipinski definition) is 2. The lowest BCUT2D eigenvalue weighted by atomic mass is 9.43. The van der Waals surface area contributed by atoms with Crippen LogP contribution in [0.4, 0.5) is 0 Å². The van der Waals surface area contributed by atoms with Crippen LogP contribution >= 0.6 is 0 Å². The molecule has 6 heteroatoms. The van der Waals surface area contributed by atoms with Crippen molar-refractivity contribution in [3.8, 4) is 0 Å². The summed E-state index contributed by atoms with van der Waals surface area (Å²) >= 11 is 0. The highest BCUT2D eigenvalue weighted by atomic mass is 16.5. The molecule has 40 heavy (non-hydrogen) atoms. The van der Waals surface area contributed by atoms with Crippen molar-refractivity contribution in [1.82, 2.24) is 0 Å². The number of carboxylic acids is 1. The van der Waals surface area contributed by atoms with E-state index in [4.69, 9.17) is 9.47 Å². The third kappa shape index (κ3) is 4.57. The molecule has 0 spiro atoms. The minimum atomic E-state index is -0.863. The van der Waals surface area contributed by atoms with E-state index in [9.17, 15) is 19.8 Å². The van der Waals surface area contributed by atoms with Crippen LogP contribution in [-0.4, -0.2) is 41.0 Å². The molecular weight excluding hydrogens is 504 g/mol. The van der Waals surface area contributed by atoms with E-state index in [0.717, 1.165) is 50.7 Å². The Morgan fingerprint density at radius 2 is 1.85 bits per heavy atom. The molecule has 2 fully saturated rings. The number of ether oxygens (including phenoxy) is 2. The highest BCUT2D eigenvalue weighted by Gasteiger charge is 2.68. The molecule has 0 amide bonds. The van der Waals surface area contributed by atoms with Gasteiger partial charge >= 0.3 is 11.9 Å². The van der Waals surface area contributed by atoms with Gasteiger partial charge in [-0.15, -0.1) is 0 Å². The second kappa shape index (κ2) is 10.6. The van der Waals surface area contributed by atoms with Crippen molar-refractivity contribution in [2.75, 3.05) is 6.61 Å². The van der Waals surface area contributed by atoms with Crippen molar-refractivity contribution in [2.45, 2.75) is 119 Å². The average molecular weight is 557 g/mol. The normalized spacial score (nSPS) is 39.5. The maximum atomic E-state index is 12.0. The Balaban J connectivity index is 1.75. The molecule has 2 unspecified atom stereocenters. The predicted octanol–water partition coefficient (Wildman–Crippen LogP) is 7.23. The number of carbonyl (C=O) groups excluding carboxylic acids is 1. The molecule has 0 heterocycles. The van der Waals surface area contributed by atoms with Crippen LogP contribution in [0.25, 0.3) is 0 Å². The number of carboxylic acid groups (broad SMARTS) is 1. The molecule has 6 nitrogen and oxygen atoms in total. The van der Waals surface area contributed by atoms with Crippen molar-refractivity contribution < 1.29 is 29.3 Å². The van der Waals surface area contributed by atoms with Crippen LogP contribution < -0.4 is 0 Å². The summed E-state index contributed by atoms with van der Waals surface area (Å²) in [5.74, 6) is 0.824. The van der Waals surface area contributed by atoms with Gasteiger partial charge in [0.15, 0.2) is 0 Å². The Hall–Kier alpha value is -2.08. The first-order valence-corrected chi connectivity index (χ1v) is 15.4. The van der Waals surface area contributed by atoms with Gasteiger partial charge in [0.1, 0.15) is 11.9 Å². The lowest BCUT2D eigenvalue weighted by Crippen LogP contribution is -2.57. The van der Waals surface area contributed by atoms with Crippen LogP contribution in [-0.2, 0) is 19.1 Å². The number of esters is 1. The fourth-order valence-corrected chi connectivity index (χ4v) is 9.52. The van der Waals surface area contributed by atoms with E-state index in [1.807, 2.05) is 13.0 Å². The van der Waals surface area contributed by atoms with E-state index in [2.05, 4.69) is 47.6 Å². The quantitative estimate of drug-likeness (QED) is 0.242. The van der Waals surface area contributed by atoms with Crippen molar-refractivity contribution in [3.63, 3.8) is 0 Å². The van der Waals surface area contributed by atoms with Crippen LogP contribution in [0.1, 0.15) is 107 Å². The average Bonchev–Trinajstić information content (AvgIpc) is 3.08. The summed E-state index contributed by atoms with van der Waals surface area (Å²) in [7, 11) is 0. The first kappa shape index (κ1) is 30.9. The molecule has 4 rings (SSSR count). The van der Waals surface area contributed by atoms with E-state index < -0.39 is 17.5 Å². The fraction of sp³-hybridized carbons (Fsp3) is 0.765. The summed E-state index contributed by atoms with van der Waals surface area (Å²) in [6.07, 6.45) is 9.48. The van der Waals surface area contributed by atoms with Crippen LogP contribution in [0.5, 0.6) is 0 Å². The van der Waals surface area contributed by atoms with Gasteiger partial charge in [-0.1, -0.05) is 53.7 Å². The summed E-state index contributed by atoms with van der Waals surface area (Å²) in [5.41, 5.74) is 2.05. The summed E-state index contributed by atoms with van der Waals surface area (Å²) in [6.45, 7) is 19.5. The number of hydrogen-bond acceptors (Lipinski definition) is 5. The topological polar surface area (TPSA) is 93.1 Å². The molecule has 0 aromatic carbocycles. The van der Waals surface area contributed by atoms with Gasteiger partial charge in [-0.25, -0.2) is 4.79 Å². The van der Waals surface area contributed by atoms with Crippen molar-refractivity contribution in [1.29, 1.82) is 0 Å². The predicted molar refractivity (Wildman–Crippen MR) is 156 cm³/mol. The highest BCUT2D eigenvalue weighted by molar-refractivity contribution is 5.85. The van der Waals surface area contributed by atoms with Crippen molar-refractivity contribution >= 4 is 11.9 Å². The van der Waals surface area contributed by atoms with E-state index in [1.165, 1.54) is 18.1 Å². The zero-order valence-electron chi connectivity index (χ0n) is 26.2. The third-order valence-electron chi connectivity index (χ3n) is 12.1. The number of carbonyl (C=O) groups is 2. The Bertz CT molecular complexity index is 1130.